The second kappa shape index (κ2) is 5.69. The highest BCUT2D eigenvalue weighted by atomic mass is 16.5. The zero-order valence-corrected chi connectivity index (χ0v) is 8.37. The topological polar surface area (TPSA) is 96.7 Å². The van der Waals surface area contributed by atoms with Crippen LogP contribution in [0.5, 0.6) is 5.88 Å². The van der Waals surface area contributed by atoms with Crippen LogP contribution in [0.25, 0.3) is 0 Å². The Balaban J connectivity index is 2.58. The molecule has 0 fully saturated rings. The molecule has 0 radical (unpaired) electrons. The minimum atomic E-state index is -1.20. The number of ether oxygens (including phenoxy) is 1. The van der Waals surface area contributed by atoms with E-state index in [-0.39, 0.29) is 18.7 Å². The third-order valence-corrected chi connectivity index (χ3v) is 1.80. The summed E-state index contributed by atoms with van der Waals surface area (Å²) < 4.78 is 5.05. The fraction of sp³-hybridized carbons (Fsp3) is 0.300. The van der Waals surface area contributed by atoms with Gasteiger partial charge in [0.2, 0.25) is 5.88 Å². The van der Waals surface area contributed by atoms with Crippen molar-refractivity contribution in [3.05, 3.63) is 24.4 Å². The Morgan fingerprint density at radius 1 is 1.38 bits per heavy atom. The number of carboxylic acid groups (broad SMARTS) is 2. The van der Waals surface area contributed by atoms with E-state index in [9.17, 15) is 9.59 Å². The van der Waals surface area contributed by atoms with Gasteiger partial charge in [-0.1, -0.05) is 6.07 Å². The number of carbonyl (C=O) groups is 2. The van der Waals surface area contributed by atoms with Gasteiger partial charge in [0, 0.05) is 25.1 Å². The molecule has 1 rings (SSSR count). The molecule has 86 valence electrons. The van der Waals surface area contributed by atoms with Crippen molar-refractivity contribution in [3.63, 3.8) is 0 Å². The highest BCUT2D eigenvalue weighted by Gasteiger charge is 2.20. The van der Waals surface area contributed by atoms with Crippen LogP contribution in [0.2, 0.25) is 0 Å². The van der Waals surface area contributed by atoms with E-state index in [2.05, 4.69) is 4.98 Å². The van der Waals surface area contributed by atoms with Crippen molar-refractivity contribution >= 4 is 11.9 Å². The predicted molar refractivity (Wildman–Crippen MR) is 53.2 cm³/mol. The lowest BCUT2D eigenvalue weighted by molar-refractivity contribution is -0.146. The molecule has 16 heavy (non-hydrogen) atoms. The number of carboxylic acids is 2. The summed E-state index contributed by atoms with van der Waals surface area (Å²) in [7, 11) is 0. The summed E-state index contributed by atoms with van der Waals surface area (Å²) in [4.78, 5) is 24.9. The number of rotatable bonds is 6. The number of hydrogen-bond donors (Lipinski definition) is 2. The molecule has 6 heteroatoms. The number of nitrogens with zero attached hydrogens (tertiary/aromatic N) is 1. The van der Waals surface area contributed by atoms with Crippen molar-refractivity contribution in [2.75, 3.05) is 0 Å². The fourth-order valence-corrected chi connectivity index (χ4v) is 1.05. The van der Waals surface area contributed by atoms with Gasteiger partial charge >= 0.3 is 11.9 Å². The lowest BCUT2D eigenvalue weighted by atomic mass is 10.2. The lowest BCUT2D eigenvalue weighted by Crippen LogP contribution is -2.28. The van der Waals surface area contributed by atoms with E-state index >= 15 is 0 Å². The molecule has 0 aliphatic heterocycles. The molecule has 0 saturated heterocycles. The lowest BCUT2D eigenvalue weighted by Gasteiger charge is -2.12. The van der Waals surface area contributed by atoms with Crippen LogP contribution in [0.15, 0.2) is 24.4 Å². The second-order valence-electron chi connectivity index (χ2n) is 3.05. The van der Waals surface area contributed by atoms with Gasteiger partial charge in [0.15, 0.2) is 6.10 Å². The summed E-state index contributed by atoms with van der Waals surface area (Å²) in [5.41, 5.74) is 0. The largest absolute Gasteiger partial charge is 0.481 e. The molecule has 6 nitrogen and oxygen atoms in total. The molecule has 0 aromatic carbocycles. The molecule has 1 atom stereocenters. The summed E-state index contributed by atoms with van der Waals surface area (Å²) in [6.07, 6.45) is -0.0813. The Labute approximate surface area is 91.5 Å². The van der Waals surface area contributed by atoms with Crippen LogP contribution in [0.4, 0.5) is 0 Å². The summed E-state index contributed by atoms with van der Waals surface area (Å²) in [5, 5.41) is 17.2. The smallest absolute Gasteiger partial charge is 0.344 e. The Morgan fingerprint density at radius 2 is 2.12 bits per heavy atom. The maximum Gasteiger partial charge on any atom is 0.344 e. The van der Waals surface area contributed by atoms with Crippen molar-refractivity contribution in [1.29, 1.82) is 0 Å². The van der Waals surface area contributed by atoms with Gasteiger partial charge in [-0.05, 0) is 6.07 Å². The van der Waals surface area contributed by atoms with Crippen molar-refractivity contribution in [3.8, 4) is 5.88 Å². The third kappa shape index (κ3) is 3.95. The number of aliphatic carboxylic acids is 2. The van der Waals surface area contributed by atoms with E-state index in [1.54, 1.807) is 12.1 Å². The SMILES string of the molecule is O=C(O)CCC(Oc1ccccn1)C(=O)O. The van der Waals surface area contributed by atoms with Crippen LogP contribution >= 0.6 is 0 Å². The molecule has 0 spiro atoms. The zero-order chi connectivity index (χ0) is 12.0. The molecule has 0 aliphatic rings. The van der Waals surface area contributed by atoms with Crippen LogP contribution in [0.3, 0.4) is 0 Å². The first kappa shape index (κ1) is 12.0. The number of aromatic nitrogens is 1. The molecule has 0 amide bonds. The molecule has 1 aromatic heterocycles. The van der Waals surface area contributed by atoms with E-state index in [0.717, 1.165) is 0 Å². The fourth-order valence-electron chi connectivity index (χ4n) is 1.05. The van der Waals surface area contributed by atoms with E-state index in [4.69, 9.17) is 14.9 Å². The highest BCUT2D eigenvalue weighted by Crippen LogP contribution is 2.10. The van der Waals surface area contributed by atoms with Crippen LogP contribution < -0.4 is 4.74 Å². The molecule has 1 aromatic rings. The summed E-state index contributed by atoms with van der Waals surface area (Å²) >= 11 is 0. The van der Waals surface area contributed by atoms with E-state index in [1.807, 2.05) is 0 Å². The van der Waals surface area contributed by atoms with Crippen LogP contribution in [0, 0.1) is 0 Å². The van der Waals surface area contributed by atoms with Crippen LogP contribution in [-0.4, -0.2) is 33.2 Å². The van der Waals surface area contributed by atoms with Gasteiger partial charge in [0.25, 0.3) is 0 Å². The van der Waals surface area contributed by atoms with Crippen molar-refractivity contribution in [2.45, 2.75) is 18.9 Å². The Bertz CT molecular complexity index is 365. The van der Waals surface area contributed by atoms with Crippen molar-refractivity contribution in [2.24, 2.45) is 0 Å². The van der Waals surface area contributed by atoms with Crippen molar-refractivity contribution < 1.29 is 24.5 Å². The van der Waals surface area contributed by atoms with Gasteiger partial charge in [-0.15, -0.1) is 0 Å². The van der Waals surface area contributed by atoms with Crippen LogP contribution in [-0.2, 0) is 9.59 Å². The summed E-state index contributed by atoms with van der Waals surface area (Å²) in [5.74, 6) is -2.09. The average Bonchev–Trinajstić information content (AvgIpc) is 2.25. The second-order valence-corrected chi connectivity index (χ2v) is 3.05. The number of hydrogen-bond acceptors (Lipinski definition) is 4. The van der Waals surface area contributed by atoms with Crippen molar-refractivity contribution in [1.82, 2.24) is 4.98 Å². The third-order valence-electron chi connectivity index (χ3n) is 1.80. The van der Waals surface area contributed by atoms with Gasteiger partial charge in [-0.25, -0.2) is 9.78 Å². The van der Waals surface area contributed by atoms with Gasteiger partial charge in [-0.2, -0.15) is 0 Å². The molecular formula is C10H11NO5. The van der Waals surface area contributed by atoms with Gasteiger partial charge in [0.05, 0.1) is 0 Å². The molecule has 0 aliphatic carbocycles. The molecule has 0 saturated carbocycles. The monoisotopic (exact) mass is 225 g/mol. The standard InChI is InChI=1S/C10H11NO5/c12-9(13)5-4-7(10(14)15)16-8-3-1-2-6-11-8/h1-3,6-7H,4-5H2,(H,12,13)(H,14,15). The first-order valence-electron chi connectivity index (χ1n) is 4.62. The first-order chi connectivity index (χ1) is 7.59. The molecule has 0 bridgehead atoms. The average molecular weight is 225 g/mol. The molecule has 2 N–H and O–H groups in total. The maximum absolute atomic E-state index is 10.8. The zero-order valence-electron chi connectivity index (χ0n) is 8.37. The number of pyridine rings is 1. The highest BCUT2D eigenvalue weighted by molar-refractivity contribution is 5.74. The normalized spacial score (nSPS) is 11.8. The van der Waals surface area contributed by atoms with Gasteiger partial charge < -0.3 is 14.9 Å². The minimum absolute atomic E-state index is 0.0960. The molecular weight excluding hydrogens is 214 g/mol. The van der Waals surface area contributed by atoms with Gasteiger partial charge in [-0.3, -0.25) is 4.79 Å². The summed E-state index contributed by atoms with van der Waals surface area (Å²) in [6.45, 7) is 0. The predicted octanol–water partition coefficient (Wildman–Crippen LogP) is 0.778. The molecule has 1 heterocycles. The van der Waals surface area contributed by atoms with E-state index in [0.29, 0.717) is 0 Å². The van der Waals surface area contributed by atoms with Gasteiger partial charge in [0.1, 0.15) is 0 Å². The Hall–Kier alpha value is -2.11. The van der Waals surface area contributed by atoms with Crippen LogP contribution in [0.1, 0.15) is 12.8 Å². The van der Waals surface area contributed by atoms with E-state index < -0.39 is 18.0 Å². The molecule has 1 unspecified atom stereocenters. The maximum atomic E-state index is 10.8. The Morgan fingerprint density at radius 3 is 2.62 bits per heavy atom. The first-order valence-corrected chi connectivity index (χ1v) is 4.62. The summed E-state index contributed by atoms with van der Waals surface area (Å²) in [6, 6.07) is 4.83. The quantitative estimate of drug-likeness (QED) is 0.742. The van der Waals surface area contributed by atoms with E-state index in [1.165, 1.54) is 12.3 Å². The minimum Gasteiger partial charge on any atom is -0.481 e. The Kier molecular flexibility index (Phi) is 4.26.